The lowest BCUT2D eigenvalue weighted by Gasteiger charge is -2.15. The number of aliphatic carboxylic acids is 1. The van der Waals surface area contributed by atoms with E-state index in [0.717, 1.165) is 10.4 Å². The first-order valence-electron chi connectivity index (χ1n) is 6.05. The Hall–Kier alpha value is -2.05. The van der Waals surface area contributed by atoms with Gasteiger partial charge in [-0.05, 0) is 29.1 Å². The number of phenols is 2. The van der Waals surface area contributed by atoms with Crippen LogP contribution in [0.1, 0.15) is 22.9 Å². The highest BCUT2D eigenvalue weighted by Gasteiger charge is 2.16. The largest absolute Gasteiger partial charge is 0.504 e. The first-order chi connectivity index (χ1) is 9.56. The second kappa shape index (κ2) is 6.40. The number of phenolic OH excluding ortho intramolecular Hbond substituents is 2. The van der Waals surface area contributed by atoms with Gasteiger partial charge in [0.25, 0.3) is 0 Å². The van der Waals surface area contributed by atoms with Gasteiger partial charge in [-0.2, -0.15) is 0 Å². The van der Waals surface area contributed by atoms with E-state index in [4.69, 9.17) is 5.11 Å². The number of hydrogen-bond donors (Lipinski definition) is 4. The summed E-state index contributed by atoms with van der Waals surface area (Å²) in [6.07, 6.45) is -0.00935. The first kappa shape index (κ1) is 14.4. The fourth-order valence-corrected chi connectivity index (χ4v) is 2.66. The highest BCUT2D eigenvalue weighted by molar-refractivity contribution is 7.10. The Morgan fingerprint density at radius 3 is 2.65 bits per heavy atom. The van der Waals surface area contributed by atoms with E-state index in [1.54, 1.807) is 6.07 Å². The number of carboxylic acid groups (broad SMARTS) is 1. The summed E-state index contributed by atoms with van der Waals surface area (Å²) in [5.74, 6) is -1.23. The molecule has 20 heavy (non-hydrogen) atoms. The zero-order valence-electron chi connectivity index (χ0n) is 10.6. The molecule has 1 heterocycles. The average molecular weight is 293 g/mol. The average Bonchev–Trinajstić information content (AvgIpc) is 2.92. The van der Waals surface area contributed by atoms with Crippen LogP contribution in [0.3, 0.4) is 0 Å². The molecule has 0 saturated heterocycles. The minimum absolute atomic E-state index is 0.00935. The molecule has 106 valence electrons. The minimum Gasteiger partial charge on any atom is -0.504 e. The van der Waals surface area contributed by atoms with E-state index in [1.165, 1.54) is 23.5 Å². The van der Waals surface area contributed by atoms with E-state index in [9.17, 15) is 15.0 Å². The molecule has 1 aromatic carbocycles. The molecule has 0 bridgehead atoms. The molecule has 0 saturated carbocycles. The maximum absolute atomic E-state index is 10.9. The molecule has 1 unspecified atom stereocenters. The molecule has 2 aromatic rings. The number of benzene rings is 1. The molecule has 0 aliphatic carbocycles. The standard InChI is InChI=1S/C14H15NO4S/c16-11-4-3-9(6-12(11)17)8-15-10(7-14(18)19)13-2-1-5-20-13/h1-6,10,15-17H,7-8H2,(H,18,19). The van der Waals surface area contributed by atoms with Crippen LogP contribution >= 0.6 is 11.3 Å². The van der Waals surface area contributed by atoms with Gasteiger partial charge >= 0.3 is 5.97 Å². The number of hydrogen-bond acceptors (Lipinski definition) is 5. The van der Waals surface area contributed by atoms with Crippen molar-refractivity contribution in [2.24, 2.45) is 0 Å². The maximum atomic E-state index is 10.9. The van der Waals surface area contributed by atoms with E-state index in [2.05, 4.69) is 5.32 Å². The minimum atomic E-state index is -0.871. The van der Waals surface area contributed by atoms with Crippen molar-refractivity contribution in [3.63, 3.8) is 0 Å². The summed E-state index contributed by atoms with van der Waals surface area (Å²) in [6.45, 7) is 0.406. The van der Waals surface area contributed by atoms with Crippen LogP contribution < -0.4 is 5.32 Å². The van der Waals surface area contributed by atoms with E-state index in [1.807, 2.05) is 17.5 Å². The lowest BCUT2D eigenvalue weighted by molar-refractivity contribution is -0.137. The van der Waals surface area contributed by atoms with Crippen molar-refractivity contribution in [1.29, 1.82) is 0 Å². The highest BCUT2D eigenvalue weighted by Crippen LogP contribution is 2.26. The molecule has 0 radical (unpaired) electrons. The van der Waals surface area contributed by atoms with Crippen LogP contribution in [0.4, 0.5) is 0 Å². The van der Waals surface area contributed by atoms with E-state index in [-0.39, 0.29) is 24.0 Å². The predicted molar refractivity (Wildman–Crippen MR) is 75.9 cm³/mol. The Bertz CT molecular complexity index is 583. The summed E-state index contributed by atoms with van der Waals surface area (Å²) >= 11 is 1.50. The third kappa shape index (κ3) is 3.72. The molecule has 0 fully saturated rings. The van der Waals surface area contributed by atoms with Crippen molar-refractivity contribution < 1.29 is 20.1 Å². The molecule has 1 atom stereocenters. The highest BCUT2D eigenvalue weighted by atomic mass is 32.1. The summed E-state index contributed by atoms with van der Waals surface area (Å²) in [7, 11) is 0. The Morgan fingerprint density at radius 2 is 2.05 bits per heavy atom. The van der Waals surface area contributed by atoms with Gasteiger partial charge in [0.05, 0.1) is 12.5 Å². The van der Waals surface area contributed by atoms with Gasteiger partial charge in [0.2, 0.25) is 0 Å². The van der Waals surface area contributed by atoms with Gasteiger partial charge < -0.3 is 20.6 Å². The SMILES string of the molecule is O=C(O)CC(NCc1ccc(O)c(O)c1)c1cccs1. The Labute approximate surface area is 120 Å². The Kier molecular flexibility index (Phi) is 4.60. The van der Waals surface area contributed by atoms with Crippen molar-refractivity contribution in [3.05, 3.63) is 46.2 Å². The number of aromatic hydroxyl groups is 2. The smallest absolute Gasteiger partial charge is 0.305 e. The molecule has 6 heteroatoms. The first-order valence-corrected chi connectivity index (χ1v) is 6.93. The van der Waals surface area contributed by atoms with Crippen molar-refractivity contribution >= 4 is 17.3 Å². The molecule has 2 rings (SSSR count). The summed E-state index contributed by atoms with van der Waals surface area (Å²) in [5, 5.41) is 32.7. The van der Waals surface area contributed by atoms with Gasteiger partial charge in [-0.25, -0.2) is 0 Å². The molecule has 0 amide bonds. The number of thiophene rings is 1. The van der Waals surface area contributed by atoms with Crippen LogP contribution in [0.2, 0.25) is 0 Å². The fourth-order valence-electron chi connectivity index (χ4n) is 1.86. The Morgan fingerprint density at radius 1 is 1.25 bits per heavy atom. The van der Waals surface area contributed by atoms with Gasteiger partial charge in [-0.15, -0.1) is 11.3 Å². The van der Waals surface area contributed by atoms with Gasteiger partial charge in [0.1, 0.15) is 0 Å². The number of carbonyl (C=O) groups is 1. The molecular formula is C14H15NO4S. The molecule has 1 aromatic heterocycles. The van der Waals surface area contributed by atoms with Crippen LogP contribution in [0.5, 0.6) is 11.5 Å². The van der Waals surface area contributed by atoms with Crippen LogP contribution in [0.25, 0.3) is 0 Å². The second-order valence-electron chi connectivity index (χ2n) is 4.37. The number of carboxylic acids is 1. The molecule has 0 spiro atoms. The predicted octanol–water partition coefficient (Wildman–Crippen LogP) is 2.46. The zero-order chi connectivity index (χ0) is 14.5. The summed E-state index contributed by atoms with van der Waals surface area (Å²) in [5.41, 5.74) is 0.771. The monoisotopic (exact) mass is 293 g/mol. The molecule has 4 N–H and O–H groups in total. The number of nitrogens with one attached hydrogen (secondary N) is 1. The second-order valence-corrected chi connectivity index (χ2v) is 5.35. The normalized spacial score (nSPS) is 12.2. The van der Waals surface area contributed by atoms with Crippen molar-refractivity contribution in [3.8, 4) is 11.5 Å². The lowest BCUT2D eigenvalue weighted by atomic mass is 10.1. The van der Waals surface area contributed by atoms with Gasteiger partial charge in [-0.1, -0.05) is 12.1 Å². The molecule has 5 nitrogen and oxygen atoms in total. The summed E-state index contributed by atoms with van der Waals surface area (Å²) < 4.78 is 0. The van der Waals surface area contributed by atoms with E-state index < -0.39 is 5.97 Å². The van der Waals surface area contributed by atoms with Gasteiger partial charge in [-0.3, -0.25) is 4.79 Å². The van der Waals surface area contributed by atoms with Gasteiger partial charge in [0.15, 0.2) is 11.5 Å². The van der Waals surface area contributed by atoms with Crippen LogP contribution in [-0.2, 0) is 11.3 Å². The van der Waals surface area contributed by atoms with Gasteiger partial charge in [0, 0.05) is 11.4 Å². The lowest BCUT2D eigenvalue weighted by Crippen LogP contribution is -2.22. The summed E-state index contributed by atoms with van der Waals surface area (Å²) in [6, 6.07) is 8.03. The third-order valence-electron chi connectivity index (χ3n) is 2.86. The van der Waals surface area contributed by atoms with Crippen LogP contribution in [0.15, 0.2) is 35.7 Å². The number of rotatable bonds is 6. The van der Waals surface area contributed by atoms with E-state index in [0.29, 0.717) is 6.54 Å². The zero-order valence-corrected chi connectivity index (χ0v) is 11.4. The summed E-state index contributed by atoms with van der Waals surface area (Å²) in [4.78, 5) is 11.9. The fraction of sp³-hybridized carbons (Fsp3) is 0.214. The maximum Gasteiger partial charge on any atom is 0.305 e. The van der Waals surface area contributed by atoms with Crippen molar-refractivity contribution in [2.75, 3.05) is 0 Å². The molecule has 0 aliphatic rings. The van der Waals surface area contributed by atoms with E-state index >= 15 is 0 Å². The van der Waals surface area contributed by atoms with Crippen LogP contribution in [-0.4, -0.2) is 21.3 Å². The van der Waals surface area contributed by atoms with Crippen molar-refractivity contribution in [1.82, 2.24) is 5.32 Å². The molecular weight excluding hydrogens is 278 g/mol. The van der Waals surface area contributed by atoms with Crippen LogP contribution in [0, 0.1) is 0 Å². The third-order valence-corrected chi connectivity index (χ3v) is 3.84. The van der Waals surface area contributed by atoms with Crippen molar-refractivity contribution in [2.45, 2.75) is 19.0 Å². The Balaban J connectivity index is 2.04. The topological polar surface area (TPSA) is 89.8 Å². The quantitative estimate of drug-likeness (QED) is 0.614. The molecule has 0 aliphatic heterocycles.